The predicted octanol–water partition coefficient (Wildman–Crippen LogP) is 1.42. The second-order valence-electron chi connectivity index (χ2n) is 5.62. The Labute approximate surface area is 126 Å². The van der Waals surface area contributed by atoms with Crippen LogP contribution in [0.25, 0.3) is 0 Å². The van der Waals surface area contributed by atoms with Gasteiger partial charge in [0, 0.05) is 39.1 Å². The maximum absolute atomic E-state index is 12.7. The number of carbonyl (C=O) groups is 1. The van der Waals surface area contributed by atoms with Gasteiger partial charge in [0.2, 0.25) is 0 Å². The van der Waals surface area contributed by atoms with Crippen LogP contribution in [0.1, 0.15) is 43.0 Å². The van der Waals surface area contributed by atoms with Gasteiger partial charge in [-0.05, 0) is 6.54 Å². The normalized spacial score (nSPS) is 16.3. The number of piperazine rings is 1. The molecule has 0 radical (unpaired) electrons. The number of hydrogen-bond donors (Lipinski definition) is 1. The minimum atomic E-state index is -0.000553. The maximum atomic E-state index is 12.7. The summed E-state index contributed by atoms with van der Waals surface area (Å²) >= 11 is 0. The minimum Gasteiger partial charge on any atom is -0.385 e. The third kappa shape index (κ3) is 3.50. The van der Waals surface area contributed by atoms with E-state index < -0.39 is 0 Å². The molecule has 0 spiro atoms. The van der Waals surface area contributed by atoms with Gasteiger partial charge in [-0.15, -0.1) is 0 Å². The Morgan fingerprint density at radius 2 is 2.00 bits per heavy atom. The highest BCUT2D eigenvalue weighted by Gasteiger charge is 2.25. The van der Waals surface area contributed by atoms with Crippen LogP contribution in [0.4, 0.5) is 5.69 Å². The summed E-state index contributed by atoms with van der Waals surface area (Å²) < 4.78 is 0. The first-order chi connectivity index (χ1) is 10.1. The standard InChI is InChI=1S/C15H25N5O/c1-5-19-6-8-20(9-7-19)15(21)13-12(16-4)10-17-14(18-13)11(2)3/h10-11,16H,5-9H2,1-4H3. The molecule has 6 nitrogen and oxygen atoms in total. The molecule has 1 aromatic heterocycles. The smallest absolute Gasteiger partial charge is 0.274 e. The van der Waals surface area contributed by atoms with Crippen molar-refractivity contribution in [2.45, 2.75) is 26.7 Å². The van der Waals surface area contributed by atoms with Crippen molar-refractivity contribution < 1.29 is 4.79 Å². The number of nitrogens with zero attached hydrogens (tertiary/aromatic N) is 4. The van der Waals surface area contributed by atoms with Crippen LogP contribution >= 0.6 is 0 Å². The van der Waals surface area contributed by atoms with Gasteiger partial charge in [0.25, 0.3) is 5.91 Å². The lowest BCUT2D eigenvalue weighted by Crippen LogP contribution is -2.48. The van der Waals surface area contributed by atoms with E-state index in [-0.39, 0.29) is 11.8 Å². The molecule has 1 aromatic rings. The first-order valence-electron chi connectivity index (χ1n) is 7.63. The van der Waals surface area contributed by atoms with Crippen molar-refractivity contribution in [3.63, 3.8) is 0 Å². The van der Waals surface area contributed by atoms with Gasteiger partial charge in [-0.3, -0.25) is 4.79 Å². The summed E-state index contributed by atoms with van der Waals surface area (Å²) in [4.78, 5) is 25.8. The fourth-order valence-electron chi connectivity index (χ4n) is 2.44. The number of anilines is 1. The molecule has 1 saturated heterocycles. The number of likely N-dealkylation sites (N-methyl/N-ethyl adjacent to an activating group) is 1. The number of amides is 1. The van der Waals surface area contributed by atoms with Crippen molar-refractivity contribution in [2.75, 3.05) is 45.1 Å². The molecule has 21 heavy (non-hydrogen) atoms. The zero-order valence-corrected chi connectivity index (χ0v) is 13.4. The van der Waals surface area contributed by atoms with Gasteiger partial charge < -0.3 is 15.1 Å². The van der Waals surface area contributed by atoms with Crippen LogP contribution in [-0.2, 0) is 0 Å². The maximum Gasteiger partial charge on any atom is 0.274 e. The molecule has 0 atom stereocenters. The van der Waals surface area contributed by atoms with E-state index in [1.54, 1.807) is 13.2 Å². The zero-order chi connectivity index (χ0) is 15.4. The third-order valence-corrected chi connectivity index (χ3v) is 3.90. The molecule has 0 aromatic carbocycles. The topological polar surface area (TPSA) is 61.4 Å². The number of carbonyl (C=O) groups excluding carboxylic acids is 1. The van der Waals surface area contributed by atoms with Gasteiger partial charge in [0.1, 0.15) is 5.82 Å². The molecule has 116 valence electrons. The number of hydrogen-bond acceptors (Lipinski definition) is 5. The van der Waals surface area contributed by atoms with Gasteiger partial charge in [0.05, 0.1) is 11.9 Å². The lowest BCUT2D eigenvalue weighted by Gasteiger charge is -2.34. The van der Waals surface area contributed by atoms with Crippen LogP contribution in [0.5, 0.6) is 0 Å². The van der Waals surface area contributed by atoms with Crippen LogP contribution in [0.3, 0.4) is 0 Å². The third-order valence-electron chi connectivity index (χ3n) is 3.90. The van der Waals surface area contributed by atoms with E-state index in [1.165, 1.54) is 0 Å². The van der Waals surface area contributed by atoms with Crippen LogP contribution in [0.2, 0.25) is 0 Å². The number of rotatable bonds is 4. The predicted molar refractivity (Wildman–Crippen MR) is 83.7 cm³/mol. The first kappa shape index (κ1) is 15.7. The van der Waals surface area contributed by atoms with Crippen LogP contribution < -0.4 is 5.32 Å². The lowest BCUT2D eigenvalue weighted by atomic mass is 10.2. The monoisotopic (exact) mass is 291 g/mol. The van der Waals surface area contributed by atoms with Crippen molar-refractivity contribution in [3.8, 4) is 0 Å². The second kappa shape index (κ2) is 6.85. The van der Waals surface area contributed by atoms with E-state index in [0.717, 1.165) is 32.7 Å². The first-order valence-corrected chi connectivity index (χ1v) is 7.63. The van der Waals surface area contributed by atoms with E-state index in [4.69, 9.17) is 0 Å². The average Bonchev–Trinajstić information content (AvgIpc) is 2.53. The molecule has 0 aliphatic carbocycles. The summed E-state index contributed by atoms with van der Waals surface area (Å²) in [7, 11) is 1.79. The van der Waals surface area contributed by atoms with Gasteiger partial charge in [-0.25, -0.2) is 9.97 Å². The highest BCUT2D eigenvalue weighted by molar-refractivity contribution is 5.97. The molecule has 1 N–H and O–H groups in total. The zero-order valence-electron chi connectivity index (χ0n) is 13.4. The fraction of sp³-hybridized carbons (Fsp3) is 0.667. The van der Waals surface area contributed by atoms with Crippen molar-refractivity contribution in [2.24, 2.45) is 0 Å². The van der Waals surface area contributed by atoms with Crippen molar-refractivity contribution >= 4 is 11.6 Å². The summed E-state index contributed by atoms with van der Waals surface area (Å²) in [5.74, 6) is 0.920. The largest absolute Gasteiger partial charge is 0.385 e. The quantitative estimate of drug-likeness (QED) is 0.909. The van der Waals surface area contributed by atoms with E-state index in [9.17, 15) is 4.79 Å². The Morgan fingerprint density at radius 3 is 2.52 bits per heavy atom. The highest BCUT2D eigenvalue weighted by atomic mass is 16.2. The molecule has 0 bridgehead atoms. The number of aromatic nitrogens is 2. The van der Waals surface area contributed by atoms with Crippen LogP contribution in [0.15, 0.2) is 6.20 Å². The van der Waals surface area contributed by atoms with Gasteiger partial charge in [-0.2, -0.15) is 0 Å². The van der Waals surface area contributed by atoms with Crippen molar-refractivity contribution in [1.82, 2.24) is 19.8 Å². The summed E-state index contributed by atoms with van der Waals surface area (Å²) in [6.45, 7) is 10.6. The Hall–Kier alpha value is -1.69. The van der Waals surface area contributed by atoms with Crippen LogP contribution in [-0.4, -0.2) is 65.4 Å². The van der Waals surface area contributed by atoms with E-state index >= 15 is 0 Å². The van der Waals surface area contributed by atoms with E-state index in [0.29, 0.717) is 17.2 Å². The fourth-order valence-corrected chi connectivity index (χ4v) is 2.44. The Bertz CT molecular complexity index is 495. The summed E-state index contributed by atoms with van der Waals surface area (Å²) in [5, 5.41) is 3.02. The molecule has 1 aliphatic rings. The SMILES string of the molecule is CCN1CCN(C(=O)c2nc(C(C)C)ncc2NC)CC1. The molecule has 1 fully saturated rings. The molecular weight excluding hydrogens is 266 g/mol. The second-order valence-corrected chi connectivity index (χ2v) is 5.62. The van der Waals surface area contributed by atoms with E-state index in [2.05, 4.69) is 27.1 Å². The van der Waals surface area contributed by atoms with Gasteiger partial charge in [-0.1, -0.05) is 20.8 Å². The van der Waals surface area contributed by atoms with Crippen LogP contribution in [0, 0.1) is 0 Å². The van der Waals surface area contributed by atoms with Crippen molar-refractivity contribution in [1.29, 1.82) is 0 Å². The molecule has 2 heterocycles. The molecule has 2 rings (SSSR count). The Balaban J connectivity index is 2.20. The van der Waals surface area contributed by atoms with Crippen molar-refractivity contribution in [3.05, 3.63) is 17.7 Å². The average molecular weight is 291 g/mol. The molecule has 0 saturated carbocycles. The lowest BCUT2D eigenvalue weighted by molar-refractivity contribution is 0.0638. The van der Waals surface area contributed by atoms with Gasteiger partial charge in [0.15, 0.2) is 5.69 Å². The molecule has 6 heteroatoms. The van der Waals surface area contributed by atoms with Gasteiger partial charge >= 0.3 is 0 Å². The Kier molecular flexibility index (Phi) is 5.12. The molecule has 1 amide bonds. The molecule has 0 unspecified atom stereocenters. The van der Waals surface area contributed by atoms with E-state index in [1.807, 2.05) is 18.7 Å². The Morgan fingerprint density at radius 1 is 1.33 bits per heavy atom. The summed E-state index contributed by atoms with van der Waals surface area (Å²) in [5.41, 5.74) is 1.18. The summed E-state index contributed by atoms with van der Waals surface area (Å²) in [6.07, 6.45) is 1.71. The minimum absolute atomic E-state index is 0.000553. The summed E-state index contributed by atoms with van der Waals surface area (Å²) in [6, 6.07) is 0. The number of nitrogens with one attached hydrogen (secondary N) is 1. The highest BCUT2D eigenvalue weighted by Crippen LogP contribution is 2.18. The molecular formula is C15H25N5O. The molecule has 1 aliphatic heterocycles.